The first-order valence-corrected chi connectivity index (χ1v) is 13.2. The second kappa shape index (κ2) is 12.6. The van der Waals surface area contributed by atoms with Crippen LogP contribution in [-0.2, 0) is 9.59 Å². The number of aromatic amines is 1. The molecule has 1 unspecified atom stereocenters. The highest BCUT2D eigenvalue weighted by Crippen LogP contribution is 2.27. The number of H-pyrrole nitrogens is 1. The third-order valence-corrected chi connectivity index (χ3v) is 7.07. The van der Waals surface area contributed by atoms with Gasteiger partial charge in [-0.05, 0) is 55.6 Å². The number of unbranched alkanes of at least 4 members (excludes halogenated alkanes) is 2. The van der Waals surface area contributed by atoms with Crippen LogP contribution < -0.4 is 5.32 Å². The monoisotopic (exact) mass is 474 g/mol. The molecule has 2 heterocycles. The fraction of sp³-hybridized carbons (Fsp3) is 0.483. The fourth-order valence-electron chi connectivity index (χ4n) is 4.90. The summed E-state index contributed by atoms with van der Waals surface area (Å²) in [6.07, 6.45) is 9.03. The molecule has 1 aliphatic heterocycles. The fourth-order valence-corrected chi connectivity index (χ4v) is 4.90. The molecule has 0 saturated carbocycles. The van der Waals surface area contributed by atoms with Crippen molar-refractivity contribution < 1.29 is 9.59 Å². The molecule has 1 fully saturated rings. The van der Waals surface area contributed by atoms with Gasteiger partial charge in [-0.15, -0.1) is 0 Å². The zero-order valence-electron chi connectivity index (χ0n) is 20.9. The average molecular weight is 475 g/mol. The van der Waals surface area contributed by atoms with Gasteiger partial charge in [-0.2, -0.15) is 0 Å². The first-order chi connectivity index (χ1) is 17.1. The minimum absolute atomic E-state index is 0.0354. The number of Topliss-reactive ketones (excluding diaryl/α,β-unsaturated/α-hetero) is 1. The maximum atomic E-state index is 13.2. The van der Waals surface area contributed by atoms with Crippen molar-refractivity contribution in [2.45, 2.75) is 64.2 Å². The van der Waals surface area contributed by atoms with E-state index in [1.54, 1.807) is 0 Å². The van der Waals surface area contributed by atoms with E-state index < -0.39 is 0 Å². The Kier molecular flexibility index (Phi) is 9.07. The molecular weight excluding hydrogens is 436 g/mol. The number of benzene rings is 2. The summed E-state index contributed by atoms with van der Waals surface area (Å²) in [5.41, 5.74) is 1.99. The number of carbonyl (C=O) groups is 2. The highest BCUT2D eigenvalue weighted by Gasteiger charge is 2.24. The van der Waals surface area contributed by atoms with Crippen LogP contribution in [0, 0.1) is 0 Å². The maximum Gasteiger partial charge on any atom is 0.230 e. The standard InChI is InChI=1S/C29H38N4O2/c1-2-25(34)12-4-3-5-13-26(29(35)30-16-19-33-17-8-9-18-33)28-31-21-27(32-28)24-15-14-22-10-6-7-11-23(22)20-24/h6-7,10-11,14-15,20-21,26H,2-5,8-9,12-13,16-19H2,1H3,(H,30,35)(H,31,32). The number of imidazole rings is 1. The minimum atomic E-state index is -0.315. The van der Waals surface area contributed by atoms with Crippen LogP contribution in [-0.4, -0.2) is 52.7 Å². The Morgan fingerprint density at radius 1 is 1.06 bits per heavy atom. The minimum Gasteiger partial charge on any atom is -0.354 e. The summed E-state index contributed by atoms with van der Waals surface area (Å²) in [7, 11) is 0. The normalized spacial score (nSPS) is 14.9. The Morgan fingerprint density at radius 2 is 1.86 bits per heavy atom. The molecule has 1 aliphatic rings. The predicted molar refractivity (Wildman–Crippen MR) is 141 cm³/mol. The molecule has 1 aromatic heterocycles. The summed E-state index contributed by atoms with van der Waals surface area (Å²) in [5.74, 6) is 0.752. The van der Waals surface area contributed by atoms with Gasteiger partial charge < -0.3 is 15.2 Å². The number of rotatable bonds is 13. The molecule has 3 aromatic rings. The number of ketones is 1. The van der Waals surface area contributed by atoms with Crippen LogP contribution in [0.4, 0.5) is 0 Å². The van der Waals surface area contributed by atoms with Gasteiger partial charge in [0.15, 0.2) is 0 Å². The zero-order valence-corrected chi connectivity index (χ0v) is 20.9. The molecule has 6 heteroatoms. The molecule has 1 saturated heterocycles. The molecule has 2 N–H and O–H groups in total. The van der Waals surface area contributed by atoms with E-state index in [4.69, 9.17) is 0 Å². The quantitative estimate of drug-likeness (QED) is 0.323. The van der Waals surface area contributed by atoms with E-state index in [1.807, 2.05) is 25.3 Å². The Morgan fingerprint density at radius 3 is 2.66 bits per heavy atom. The number of likely N-dealkylation sites (tertiary alicyclic amines) is 1. The van der Waals surface area contributed by atoms with Crippen LogP contribution in [0.3, 0.4) is 0 Å². The van der Waals surface area contributed by atoms with Crippen molar-refractivity contribution in [2.75, 3.05) is 26.2 Å². The van der Waals surface area contributed by atoms with Crippen LogP contribution >= 0.6 is 0 Å². The summed E-state index contributed by atoms with van der Waals surface area (Å²) in [4.78, 5) is 35.3. The molecule has 0 spiro atoms. The molecule has 186 valence electrons. The van der Waals surface area contributed by atoms with Gasteiger partial charge in [-0.1, -0.05) is 56.2 Å². The third kappa shape index (κ3) is 7.01. The average Bonchev–Trinajstić information content (AvgIpc) is 3.58. The molecule has 2 aromatic carbocycles. The van der Waals surface area contributed by atoms with Crippen LogP contribution in [0.25, 0.3) is 22.0 Å². The summed E-state index contributed by atoms with van der Waals surface area (Å²) in [6, 6.07) is 14.7. The zero-order chi connectivity index (χ0) is 24.5. The maximum absolute atomic E-state index is 13.2. The van der Waals surface area contributed by atoms with Gasteiger partial charge in [0.05, 0.1) is 17.8 Å². The lowest BCUT2D eigenvalue weighted by Gasteiger charge is -2.18. The first-order valence-electron chi connectivity index (χ1n) is 13.2. The summed E-state index contributed by atoms with van der Waals surface area (Å²) in [5, 5.41) is 5.54. The molecule has 1 atom stereocenters. The largest absolute Gasteiger partial charge is 0.354 e. The van der Waals surface area contributed by atoms with Gasteiger partial charge in [0.25, 0.3) is 0 Å². The van der Waals surface area contributed by atoms with Gasteiger partial charge in [0.2, 0.25) is 5.91 Å². The van der Waals surface area contributed by atoms with Crippen LogP contribution in [0.5, 0.6) is 0 Å². The number of nitrogens with zero attached hydrogens (tertiary/aromatic N) is 2. The van der Waals surface area contributed by atoms with E-state index in [0.29, 0.717) is 25.2 Å². The molecular formula is C29H38N4O2. The summed E-state index contributed by atoms with van der Waals surface area (Å²) in [6.45, 7) is 5.73. The second-order valence-electron chi connectivity index (χ2n) is 9.63. The van der Waals surface area contributed by atoms with Gasteiger partial charge >= 0.3 is 0 Å². The lowest BCUT2D eigenvalue weighted by atomic mass is 9.98. The number of fused-ring (bicyclic) bond motifs is 1. The Labute approximate surface area is 208 Å². The van der Waals surface area contributed by atoms with E-state index in [1.165, 1.54) is 23.6 Å². The van der Waals surface area contributed by atoms with Crippen LogP contribution in [0.2, 0.25) is 0 Å². The highest BCUT2D eigenvalue weighted by molar-refractivity contribution is 5.87. The molecule has 1 amide bonds. The first kappa shape index (κ1) is 25.1. The number of hydrogen-bond donors (Lipinski definition) is 2. The smallest absolute Gasteiger partial charge is 0.230 e. The molecule has 6 nitrogen and oxygen atoms in total. The number of carbonyl (C=O) groups excluding carboxylic acids is 2. The van der Waals surface area contributed by atoms with Gasteiger partial charge in [0, 0.05) is 31.5 Å². The Bertz CT molecular complexity index is 1120. The Balaban J connectivity index is 1.42. The Hall–Kier alpha value is -2.99. The summed E-state index contributed by atoms with van der Waals surface area (Å²) < 4.78 is 0. The topological polar surface area (TPSA) is 78.1 Å². The van der Waals surface area contributed by atoms with Crippen LogP contribution in [0.15, 0.2) is 48.7 Å². The number of nitrogens with one attached hydrogen (secondary N) is 2. The van der Waals surface area contributed by atoms with Crippen LogP contribution in [0.1, 0.15) is 70.0 Å². The van der Waals surface area contributed by atoms with E-state index in [9.17, 15) is 9.59 Å². The van der Waals surface area contributed by atoms with Crippen molar-refractivity contribution in [2.24, 2.45) is 0 Å². The van der Waals surface area contributed by atoms with Gasteiger partial charge in [-0.3, -0.25) is 9.59 Å². The summed E-state index contributed by atoms with van der Waals surface area (Å²) >= 11 is 0. The van der Waals surface area contributed by atoms with E-state index in [0.717, 1.165) is 62.4 Å². The molecule has 4 rings (SSSR count). The van der Waals surface area contributed by atoms with Crippen molar-refractivity contribution in [3.63, 3.8) is 0 Å². The van der Waals surface area contributed by atoms with Crippen molar-refractivity contribution in [1.82, 2.24) is 20.2 Å². The molecule has 0 bridgehead atoms. The van der Waals surface area contributed by atoms with Crippen molar-refractivity contribution in [3.05, 3.63) is 54.5 Å². The molecule has 0 radical (unpaired) electrons. The number of amides is 1. The lowest BCUT2D eigenvalue weighted by Crippen LogP contribution is -2.36. The predicted octanol–water partition coefficient (Wildman–Crippen LogP) is 5.46. The second-order valence-corrected chi connectivity index (χ2v) is 9.63. The van der Waals surface area contributed by atoms with E-state index in [-0.39, 0.29) is 11.8 Å². The highest BCUT2D eigenvalue weighted by atomic mass is 16.2. The number of aromatic nitrogens is 2. The SMILES string of the molecule is CCC(=O)CCCCCC(C(=O)NCCN1CCCC1)c1ncc(-c2ccc3ccccc3c2)[nH]1. The van der Waals surface area contributed by atoms with Crippen molar-refractivity contribution >= 4 is 22.5 Å². The van der Waals surface area contributed by atoms with Gasteiger partial charge in [-0.25, -0.2) is 4.98 Å². The van der Waals surface area contributed by atoms with E-state index >= 15 is 0 Å². The number of hydrogen-bond acceptors (Lipinski definition) is 4. The van der Waals surface area contributed by atoms with Crippen molar-refractivity contribution in [1.29, 1.82) is 0 Å². The molecule has 0 aliphatic carbocycles. The molecule has 35 heavy (non-hydrogen) atoms. The van der Waals surface area contributed by atoms with Gasteiger partial charge in [0.1, 0.15) is 11.6 Å². The van der Waals surface area contributed by atoms with E-state index in [2.05, 4.69) is 50.5 Å². The lowest BCUT2D eigenvalue weighted by molar-refractivity contribution is -0.123. The van der Waals surface area contributed by atoms with Crippen molar-refractivity contribution in [3.8, 4) is 11.3 Å². The third-order valence-electron chi connectivity index (χ3n) is 7.07.